The molecule has 20 heavy (non-hydrogen) atoms. The van der Waals surface area contributed by atoms with Crippen LogP contribution < -0.4 is 4.90 Å². The van der Waals surface area contributed by atoms with Gasteiger partial charge in [-0.15, -0.1) is 0 Å². The predicted octanol–water partition coefficient (Wildman–Crippen LogP) is 1.93. The number of carboxylic acids is 1. The first-order valence-corrected chi connectivity index (χ1v) is 6.27. The van der Waals surface area contributed by atoms with Gasteiger partial charge >= 0.3 is 5.97 Å². The Hall–Kier alpha value is -2.03. The van der Waals surface area contributed by atoms with Crippen LogP contribution in [-0.4, -0.2) is 28.5 Å². The molecule has 106 valence electrons. The molecule has 1 fully saturated rings. The second kappa shape index (κ2) is 5.16. The number of hydrogen-bond donors (Lipinski definition) is 1. The highest BCUT2D eigenvalue weighted by Gasteiger charge is 2.37. The van der Waals surface area contributed by atoms with Crippen molar-refractivity contribution in [3.8, 4) is 0 Å². The summed E-state index contributed by atoms with van der Waals surface area (Å²) in [7, 11) is 0. The van der Waals surface area contributed by atoms with Crippen LogP contribution in [0.5, 0.6) is 0 Å². The smallest absolute Gasteiger partial charge is 0.308 e. The number of anilines is 1. The molecule has 1 aliphatic heterocycles. The molecule has 0 spiro atoms. The molecule has 9 heteroatoms. The highest BCUT2D eigenvalue weighted by molar-refractivity contribution is 9.10. The molecule has 2 rings (SSSR count). The van der Waals surface area contributed by atoms with Gasteiger partial charge in [-0.3, -0.25) is 19.7 Å². The molecular formula is C11H8BrFN2O5. The van der Waals surface area contributed by atoms with E-state index >= 15 is 0 Å². The molecule has 0 aliphatic carbocycles. The fraction of sp³-hybridized carbons (Fsp3) is 0.273. The fourth-order valence-corrected chi connectivity index (χ4v) is 2.64. The summed E-state index contributed by atoms with van der Waals surface area (Å²) < 4.78 is 14.0. The highest BCUT2D eigenvalue weighted by atomic mass is 79.9. The summed E-state index contributed by atoms with van der Waals surface area (Å²) in [5.74, 6) is -3.54. The number of aliphatic carboxylic acids is 1. The third-order valence-corrected chi connectivity index (χ3v) is 3.56. The average Bonchev–Trinajstić information content (AvgIpc) is 2.70. The molecule has 7 nitrogen and oxygen atoms in total. The van der Waals surface area contributed by atoms with Crippen LogP contribution in [0.3, 0.4) is 0 Å². The molecule has 1 atom stereocenters. The van der Waals surface area contributed by atoms with Crippen LogP contribution in [0.25, 0.3) is 0 Å². The first kappa shape index (κ1) is 14.4. The summed E-state index contributed by atoms with van der Waals surface area (Å²) in [5, 5.41) is 19.5. The van der Waals surface area contributed by atoms with Crippen molar-refractivity contribution >= 4 is 39.2 Å². The van der Waals surface area contributed by atoms with Crippen molar-refractivity contribution in [1.29, 1.82) is 0 Å². The molecule has 0 aromatic heterocycles. The van der Waals surface area contributed by atoms with E-state index in [1.54, 1.807) is 0 Å². The summed E-state index contributed by atoms with van der Waals surface area (Å²) in [5.41, 5.74) is -0.635. The lowest BCUT2D eigenvalue weighted by molar-refractivity contribution is -0.385. The van der Waals surface area contributed by atoms with Gasteiger partial charge in [0.05, 0.1) is 27.1 Å². The quantitative estimate of drug-likeness (QED) is 0.665. The van der Waals surface area contributed by atoms with Crippen LogP contribution in [0, 0.1) is 21.8 Å². The number of benzene rings is 1. The summed E-state index contributed by atoms with van der Waals surface area (Å²) in [6, 6.07) is 1.77. The Labute approximate surface area is 120 Å². The Kier molecular flexibility index (Phi) is 3.71. The number of nitro benzene ring substituents is 1. The van der Waals surface area contributed by atoms with Crippen LogP contribution >= 0.6 is 15.9 Å². The Balaban J connectivity index is 2.41. The molecule has 1 aromatic carbocycles. The van der Waals surface area contributed by atoms with E-state index in [0.29, 0.717) is 6.07 Å². The van der Waals surface area contributed by atoms with E-state index in [1.807, 2.05) is 0 Å². The number of nitro groups is 1. The van der Waals surface area contributed by atoms with Gasteiger partial charge in [0.15, 0.2) is 5.82 Å². The Morgan fingerprint density at radius 3 is 2.65 bits per heavy atom. The second-order valence-corrected chi connectivity index (χ2v) is 5.11. The molecule has 0 bridgehead atoms. The highest BCUT2D eigenvalue weighted by Crippen LogP contribution is 2.36. The van der Waals surface area contributed by atoms with Gasteiger partial charge in [0, 0.05) is 19.0 Å². The van der Waals surface area contributed by atoms with Gasteiger partial charge in [0.1, 0.15) is 0 Å². The maximum absolute atomic E-state index is 13.9. The molecule has 1 saturated heterocycles. The minimum atomic E-state index is -1.14. The average molecular weight is 347 g/mol. The van der Waals surface area contributed by atoms with Crippen LogP contribution in [0.2, 0.25) is 0 Å². The van der Waals surface area contributed by atoms with Crippen molar-refractivity contribution in [2.75, 3.05) is 11.4 Å². The van der Waals surface area contributed by atoms with Crippen LogP contribution in [-0.2, 0) is 9.59 Å². The lowest BCUT2D eigenvalue weighted by atomic mass is 10.1. The standard InChI is InChI=1S/C11H8BrFN2O5/c12-7-2-6(15(19)20)3-8(13)10(7)14-4-5(11(17)18)1-9(14)16/h2-3,5H,1,4H2,(H,17,18). The lowest BCUT2D eigenvalue weighted by Crippen LogP contribution is -2.27. The van der Waals surface area contributed by atoms with Crippen molar-refractivity contribution in [3.63, 3.8) is 0 Å². The minimum Gasteiger partial charge on any atom is -0.481 e. The number of non-ortho nitro benzene ring substituents is 1. The first-order chi connectivity index (χ1) is 9.31. The topological polar surface area (TPSA) is 101 Å². The SMILES string of the molecule is O=C(O)C1CC(=O)N(c2c(F)cc([N+](=O)[O-])cc2Br)C1. The Morgan fingerprint density at radius 1 is 1.55 bits per heavy atom. The molecule has 0 radical (unpaired) electrons. The summed E-state index contributed by atoms with van der Waals surface area (Å²) >= 11 is 2.97. The van der Waals surface area contributed by atoms with Crippen molar-refractivity contribution in [1.82, 2.24) is 0 Å². The normalized spacial score (nSPS) is 18.4. The lowest BCUT2D eigenvalue weighted by Gasteiger charge is -2.18. The summed E-state index contributed by atoms with van der Waals surface area (Å²) in [6.07, 6.45) is -0.224. The van der Waals surface area contributed by atoms with E-state index in [1.165, 1.54) is 0 Å². The van der Waals surface area contributed by atoms with Gasteiger partial charge in [0.25, 0.3) is 5.69 Å². The molecule has 1 heterocycles. The van der Waals surface area contributed by atoms with Crippen molar-refractivity contribution < 1.29 is 24.0 Å². The first-order valence-electron chi connectivity index (χ1n) is 5.48. The number of carboxylic acid groups (broad SMARTS) is 1. The van der Waals surface area contributed by atoms with Gasteiger partial charge in [-0.25, -0.2) is 4.39 Å². The number of halogens is 2. The van der Waals surface area contributed by atoms with Gasteiger partial charge in [0.2, 0.25) is 5.91 Å². The van der Waals surface area contributed by atoms with E-state index in [4.69, 9.17) is 5.11 Å². The third kappa shape index (κ3) is 2.48. The summed E-state index contributed by atoms with van der Waals surface area (Å²) in [4.78, 5) is 33.4. The zero-order chi connectivity index (χ0) is 15.0. The fourth-order valence-electron chi connectivity index (χ4n) is 2.00. The monoisotopic (exact) mass is 346 g/mol. The maximum atomic E-state index is 13.9. The van der Waals surface area contributed by atoms with Crippen LogP contribution in [0.4, 0.5) is 15.8 Å². The van der Waals surface area contributed by atoms with Crippen LogP contribution in [0.15, 0.2) is 16.6 Å². The van der Waals surface area contributed by atoms with Crippen molar-refractivity contribution in [2.24, 2.45) is 5.92 Å². The maximum Gasteiger partial charge on any atom is 0.308 e. The predicted molar refractivity (Wildman–Crippen MR) is 68.9 cm³/mol. The van der Waals surface area contributed by atoms with Gasteiger partial charge in [-0.05, 0) is 15.9 Å². The number of carbonyl (C=O) groups excluding carboxylic acids is 1. The number of rotatable bonds is 3. The molecule has 1 aliphatic rings. The number of nitrogens with zero attached hydrogens (tertiary/aromatic N) is 2. The zero-order valence-electron chi connectivity index (χ0n) is 9.88. The number of hydrogen-bond acceptors (Lipinski definition) is 4. The van der Waals surface area contributed by atoms with E-state index < -0.39 is 34.2 Å². The van der Waals surface area contributed by atoms with Gasteiger partial charge in [-0.2, -0.15) is 0 Å². The van der Waals surface area contributed by atoms with Crippen molar-refractivity contribution in [2.45, 2.75) is 6.42 Å². The van der Waals surface area contributed by atoms with Crippen molar-refractivity contribution in [3.05, 3.63) is 32.5 Å². The van der Waals surface area contributed by atoms with E-state index in [9.17, 15) is 24.1 Å². The second-order valence-electron chi connectivity index (χ2n) is 4.26. The zero-order valence-corrected chi connectivity index (χ0v) is 11.5. The van der Waals surface area contributed by atoms with Gasteiger partial charge < -0.3 is 10.0 Å². The van der Waals surface area contributed by atoms with E-state index in [2.05, 4.69) is 15.9 Å². The minimum absolute atomic E-state index is 0.0311. The Morgan fingerprint density at radius 2 is 2.20 bits per heavy atom. The number of carbonyl (C=O) groups is 2. The molecule has 1 N–H and O–H groups in total. The van der Waals surface area contributed by atoms with Gasteiger partial charge in [-0.1, -0.05) is 0 Å². The van der Waals surface area contributed by atoms with Crippen LogP contribution in [0.1, 0.15) is 6.42 Å². The third-order valence-electron chi connectivity index (χ3n) is 2.96. The molecule has 1 unspecified atom stereocenters. The van der Waals surface area contributed by atoms with E-state index in [-0.39, 0.29) is 23.1 Å². The summed E-state index contributed by atoms with van der Waals surface area (Å²) in [6.45, 7) is -0.165. The van der Waals surface area contributed by atoms with E-state index in [0.717, 1.165) is 11.0 Å². The molecule has 1 amide bonds. The number of amides is 1. The molecular weight excluding hydrogens is 339 g/mol. The molecule has 1 aromatic rings. The Bertz CT molecular complexity index is 598. The molecule has 0 saturated carbocycles. The largest absolute Gasteiger partial charge is 0.481 e.